The van der Waals surface area contributed by atoms with Crippen LogP contribution in [-0.4, -0.2) is 37.4 Å². The van der Waals surface area contributed by atoms with Crippen LogP contribution in [0.25, 0.3) is 0 Å². The molecule has 1 unspecified atom stereocenters. The number of carbonyl (C=O) groups is 2. The standard InChI is InChI=1S/C19H30N2O4/c1-13(2)16(21-18(23)25-19(3,4)5)12-20-11-14-9-7-8-10-15(14)17(22)24-6/h7-10,13,16,20H,11-12H2,1-6H3,(H,21,23). The molecule has 1 atom stereocenters. The maximum absolute atomic E-state index is 12.0. The van der Waals surface area contributed by atoms with Gasteiger partial charge in [-0.15, -0.1) is 0 Å². The molecule has 0 aliphatic rings. The zero-order valence-electron chi connectivity index (χ0n) is 16.0. The van der Waals surface area contributed by atoms with Gasteiger partial charge >= 0.3 is 12.1 Å². The van der Waals surface area contributed by atoms with Crippen molar-refractivity contribution in [2.45, 2.75) is 52.8 Å². The van der Waals surface area contributed by atoms with Crippen LogP contribution in [0, 0.1) is 5.92 Å². The Morgan fingerprint density at radius 1 is 1.16 bits per heavy atom. The number of alkyl carbamates (subject to hydrolysis) is 1. The smallest absolute Gasteiger partial charge is 0.407 e. The number of esters is 1. The first-order valence-corrected chi connectivity index (χ1v) is 8.50. The van der Waals surface area contributed by atoms with Gasteiger partial charge in [-0.2, -0.15) is 0 Å². The van der Waals surface area contributed by atoms with Gasteiger partial charge in [0.1, 0.15) is 5.60 Å². The fraction of sp³-hybridized carbons (Fsp3) is 0.579. The Bertz CT molecular complexity index is 579. The van der Waals surface area contributed by atoms with E-state index in [1.165, 1.54) is 7.11 Å². The van der Waals surface area contributed by atoms with Crippen LogP contribution < -0.4 is 10.6 Å². The van der Waals surface area contributed by atoms with Gasteiger partial charge in [-0.25, -0.2) is 9.59 Å². The van der Waals surface area contributed by atoms with Gasteiger partial charge in [0.15, 0.2) is 0 Å². The highest BCUT2D eigenvalue weighted by Crippen LogP contribution is 2.11. The summed E-state index contributed by atoms with van der Waals surface area (Å²) < 4.78 is 10.1. The summed E-state index contributed by atoms with van der Waals surface area (Å²) in [4.78, 5) is 23.8. The number of hydrogen-bond acceptors (Lipinski definition) is 5. The van der Waals surface area contributed by atoms with Crippen LogP contribution >= 0.6 is 0 Å². The van der Waals surface area contributed by atoms with Gasteiger partial charge in [0.05, 0.1) is 12.7 Å². The molecular weight excluding hydrogens is 320 g/mol. The highest BCUT2D eigenvalue weighted by molar-refractivity contribution is 5.90. The van der Waals surface area contributed by atoms with E-state index >= 15 is 0 Å². The van der Waals surface area contributed by atoms with Gasteiger partial charge in [-0.05, 0) is 38.3 Å². The fourth-order valence-corrected chi connectivity index (χ4v) is 2.26. The monoisotopic (exact) mass is 350 g/mol. The molecule has 0 aliphatic carbocycles. The zero-order valence-corrected chi connectivity index (χ0v) is 16.0. The highest BCUT2D eigenvalue weighted by Gasteiger charge is 2.21. The second kappa shape index (κ2) is 9.42. The predicted molar refractivity (Wildman–Crippen MR) is 97.5 cm³/mol. The second-order valence-corrected chi connectivity index (χ2v) is 7.28. The molecule has 1 aromatic carbocycles. The van der Waals surface area contributed by atoms with E-state index < -0.39 is 11.7 Å². The van der Waals surface area contributed by atoms with Crippen LogP contribution in [0.5, 0.6) is 0 Å². The lowest BCUT2D eigenvalue weighted by Crippen LogP contribution is -2.47. The number of hydrogen-bond donors (Lipinski definition) is 2. The third kappa shape index (κ3) is 7.56. The summed E-state index contributed by atoms with van der Waals surface area (Å²) in [6, 6.07) is 7.21. The quantitative estimate of drug-likeness (QED) is 0.739. The van der Waals surface area contributed by atoms with Gasteiger partial charge in [0.2, 0.25) is 0 Å². The molecule has 0 aromatic heterocycles. The van der Waals surface area contributed by atoms with Crippen LogP contribution in [0.3, 0.4) is 0 Å². The first kappa shape index (κ1) is 21.0. The van der Waals surface area contributed by atoms with E-state index in [4.69, 9.17) is 9.47 Å². The van der Waals surface area contributed by atoms with E-state index in [1.54, 1.807) is 12.1 Å². The largest absolute Gasteiger partial charge is 0.465 e. The summed E-state index contributed by atoms with van der Waals surface area (Å²) in [7, 11) is 1.37. The first-order valence-electron chi connectivity index (χ1n) is 8.50. The summed E-state index contributed by atoms with van der Waals surface area (Å²) in [6.45, 7) is 10.6. The molecule has 0 spiro atoms. The number of benzene rings is 1. The summed E-state index contributed by atoms with van der Waals surface area (Å²) in [5.74, 6) is -0.124. The van der Waals surface area contributed by atoms with Crippen molar-refractivity contribution in [2.24, 2.45) is 5.92 Å². The maximum Gasteiger partial charge on any atom is 0.407 e. The summed E-state index contributed by atoms with van der Waals surface area (Å²) >= 11 is 0. The molecule has 0 saturated heterocycles. The molecule has 25 heavy (non-hydrogen) atoms. The molecule has 1 rings (SSSR count). The average molecular weight is 350 g/mol. The molecule has 0 radical (unpaired) electrons. The average Bonchev–Trinajstić information content (AvgIpc) is 2.51. The molecule has 0 heterocycles. The van der Waals surface area contributed by atoms with Gasteiger partial charge in [-0.1, -0.05) is 32.0 Å². The van der Waals surface area contributed by atoms with Crippen LogP contribution in [0.2, 0.25) is 0 Å². The molecule has 2 N–H and O–H groups in total. The number of nitrogens with one attached hydrogen (secondary N) is 2. The minimum Gasteiger partial charge on any atom is -0.465 e. The molecule has 0 saturated carbocycles. The molecule has 6 nitrogen and oxygen atoms in total. The summed E-state index contributed by atoms with van der Waals surface area (Å²) in [5.41, 5.74) is 0.867. The Morgan fingerprint density at radius 2 is 1.80 bits per heavy atom. The minimum atomic E-state index is -0.529. The van der Waals surface area contributed by atoms with Crippen molar-refractivity contribution in [3.05, 3.63) is 35.4 Å². The highest BCUT2D eigenvalue weighted by atomic mass is 16.6. The van der Waals surface area contributed by atoms with E-state index in [-0.39, 0.29) is 17.9 Å². The van der Waals surface area contributed by atoms with Crippen molar-refractivity contribution in [2.75, 3.05) is 13.7 Å². The SMILES string of the molecule is COC(=O)c1ccccc1CNCC(NC(=O)OC(C)(C)C)C(C)C. The fourth-order valence-electron chi connectivity index (χ4n) is 2.26. The van der Waals surface area contributed by atoms with E-state index in [0.29, 0.717) is 18.7 Å². The Labute approximate surface area is 150 Å². The van der Waals surface area contributed by atoms with Crippen molar-refractivity contribution in [3.8, 4) is 0 Å². The number of ether oxygens (including phenoxy) is 2. The Balaban J connectivity index is 2.62. The van der Waals surface area contributed by atoms with Crippen molar-refractivity contribution >= 4 is 12.1 Å². The van der Waals surface area contributed by atoms with Crippen molar-refractivity contribution in [1.82, 2.24) is 10.6 Å². The number of rotatable bonds is 7. The van der Waals surface area contributed by atoms with Crippen molar-refractivity contribution in [3.63, 3.8) is 0 Å². The van der Waals surface area contributed by atoms with Gasteiger partial charge in [0.25, 0.3) is 0 Å². The van der Waals surface area contributed by atoms with Crippen LogP contribution in [-0.2, 0) is 16.0 Å². The molecular formula is C19H30N2O4. The molecule has 0 aliphatic heterocycles. The van der Waals surface area contributed by atoms with Crippen molar-refractivity contribution in [1.29, 1.82) is 0 Å². The van der Waals surface area contributed by atoms with Crippen LogP contribution in [0.4, 0.5) is 4.79 Å². The van der Waals surface area contributed by atoms with Crippen LogP contribution in [0.15, 0.2) is 24.3 Å². The molecule has 0 fully saturated rings. The Hall–Kier alpha value is -2.08. The third-order valence-electron chi connectivity index (χ3n) is 3.61. The topological polar surface area (TPSA) is 76.7 Å². The first-order chi connectivity index (χ1) is 11.6. The van der Waals surface area contributed by atoms with Gasteiger partial charge < -0.3 is 20.1 Å². The van der Waals surface area contributed by atoms with Crippen molar-refractivity contribution < 1.29 is 19.1 Å². The Kier molecular flexibility index (Phi) is 7.90. The van der Waals surface area contributed by atoms with Gasteiger partial charge in [-0.3, -0.25) is 0 Å². The number of carbonyl (C=O) groups excluding carboxylic acids is 2. The predicted octanol–water partition coefficient (Wildman–Crippen LogP) is 3.11. The lowest BCUT2D eigenvalue weighted by Gasteiger charge is -2.26. The van der Waals surface area contributed by atoms with Gasteiger partial charge in [0, 0.05) is 19.1 Å². The number of amides is 1. The Morgan fingerprint density at radius 3 is 2.36 bits per heavy atom. The molecule has 1 amide bonds. The van der Waals surface area contributed by atoms with E-state index in [9.17, 15) is 9.59 Å². The second-order valence-electron chi connectivity index (χ2n) is 7.28. The van der Waals surface area contributed by atoms with E-state index in [0.717, 1.165) is 5.56 Å². The number of methoxy groups -OCH3 is 1. The summed E-state index contributed by atoms with van der Waals surface area (Å²) in [5, 5.41) is 6.19. The van der Waals surface area contributed by atoms with Crippen LogP contribution in [0.1, 0.15) is 50.5 Å². The third-order valence-corrected chi connectivity index (χ3v) is 3.61. The maximum atomic E-state index is 12.0. The van der Waals surface area contributed by atoms with E-state index in [1.807, 2.05) is 46.8 Å². The molecule has 140 valence electrons. The zero-order chi connectivity index (χ0) is 19.0. The van der Waals surface area contributed by atoms with E-state index in [2.05, 4.69) is 10.6 Å². The lowest BCUT2D eigenvalue weighted by molar-refractivity contribution is 0.0489. The molecule has 1 aromatic rings. The summed E-state index contributed by atoms with van der Waals surface area (Å²) in [6.07, 6.45) is -0.428. The molecule has 0 bridgehead atoms. The minimum absolute atomic E-state index is 0.0832. The molecule has 6 heteroatoms. The lowest BCUT2D eigenvalue weighted by atomic mass is 10.0. The normalized spacial score (nSPS) is 12.6.